The second kappa shape index (κ2) is 9.31. The Labute approximate surface area is 173 Å². The molecule has 0 amide bonds. The minimum Gasteiger partial charge on any atom is -0.497 e. The molecule has 0 aromatic heterocycles. The van der Waals surface area contributed by atoms with Crippen molar-refractivity contribution in [3.8, 4) is 5.75 Å². The lowest BCUT2D eigenvalue weighted by Gasteiger charge is -2.15. The van der Waals surface area contributed by atoms with Crippen LogP contribution < -0.4 is 15.4 Å². The van der Waals surface area contributed by atoms with Crippen LogP contribution in [0.3, 0.4) is 0 Å². The van der Waals surface area contributed by atoms with Gasteiger partial charge in [0.1, 0.15) is 5.75 Å². The van der Waals surface area contributed by atoms with E-state index in [4.69, 9.17) is 14.5 Å². The Morgan fingerprint density at radius 2 is 1.97 bits per heavy atom. The monoisotopic (exact) mass is 393 g/mol. The molecule has 1 fully saturated rings. The summed E-state index contributed by atoms with van der Waals surface area (Å²) in [5.74, 6) is 3.09. The van der Waals surface area contributed by atoms with Gasteiger partial charge >= 0.3 is 0 Å². The van der Waals surface area contributed by atoms with Crippen molar-refractivity contribution < 1.29 is 9.47 Å². The molecule has 0 spiro atoms. The third-order valence-corrected chi connectivity index (χ3v) is 5.88. The average molecular weight is 394 g/mol. The number of hydrogen-bond acceptors (Lipinski definition) is 3. The maximum atomic E-state index is 5.45. The van der Waals surface area contributed by atoms with E-state index in [9.17, 15) is 0 Å². The third-order valence-electron chi connectivity index (χ3n) is 5.88. The number of benzene rings is 2. The molecular formula is C24H31N3O2. The molecule has 4 rings (SSSR count). The summed E-state index contributed by atoms with van der Waals surface area (Å²) in [7, 11) is 1.69. The summed E-state index contributed by atoms with van der Waals surface area (Å²) < 4.78 is 10.7. The Hall–Kier alpha value is -2.53. The highest BCUT2D eigenvalue weighted by Gasteiger charge is 2.55. The Bertz CT molecular complexity index is 834. The van der Waals surface area contributed by atoms with Crippen molar-refractivity contribution in [3.63, 3.8) is 0 Å². The highest BCUT2D eigenvalue weighted by Crippen LogP contribution is 2.56. The fourth-order valence-electron chi connectivity index (χ4n) is 4.29. The van der Waals surface area contributed by atoms with E-state index in [1.807, 2.05) is 19.1 Å². The van der Waals surface area contributed by atoms with Crippen LogP contribution in [0.25, 0.3) is 0 Å². The van der Waals surface area contributed by atoms with Crippen molar-refractivity contribution in [2.24, 2.45) is 10.9 Å². The molecule has 2 aromatic carbocycles. The summed E-state index contributed by atoms with van der Waals surface area (Å²) in [6.07, 6.45) is 2.14. The van der Waals surface area contributed by atoms with Crippen molar-refractivity contribution in [1.29, 1.82) is 0 Å². The highest BCUT2D eigenvalue weighted by molar-refractivity contribution is 5.81. The van der Waals surface area contributed by atoms with Gasteiger partial charge in [-0.3, -0.25) is 0 Å². The van der Waals surface area contributed by atoms with Gasteiger partial charge in [0.2, 0.25) is 0 Å². The topological polar surface area (TPSA) is 54.9 Å². The zero-order valence-electron chi connectivity index (χ0n) is 17.4. The molecule has 2 aliphatic rings. The molecular weight excluding hydrogens is 362 g/mol. The number of nitrogens with zero attached hydrogens (tertiary/aromatic N) is 1. The first-order chi connectivity index (χ1) is 14.3. The largest absolute Gasteiger partial charge is 0.497 e. The number of guanidine groups is 1. The van der Waals surface area contributed by atoms with E-state index in [2.05, 4.69) is 47.0 Å². The fraction of sp³-hybridized carbons (Fsp3) is 0.458. The molecule has 5 nitrogen and oxygen atoms in total. The number of rotatable bonds is 9. The van der Waals surface area contributed by atoms with Crippen LogP contribution in [-0.2, 0) is 17.7 Å². The third kappa shape index (κ3) is 4.73. The normalized spacial score (nSPS) is 22.0. The lowest BCUT2D eigenvalue weighted by atomic mass is 10.1. The first-order valence-electron chi connectivity index (χ1n) is 10.6. The molecule has 0 bridgehead atoms. The summed E-state index contributed by atoms with van der Waals surface area (Å²) in [4.78, 5) is 4.84. The number of nitrogens with one attached hydrogen (secondary N) is 2. The van der Waals surface area contributed by atoms with E-state index in [0.717, 1.165) is 37.9 Å². The van der Waals surface area contributed by atoms with Gasteiger partial charge in [0.15, 0.2) is 5.96 Å². The van der Waals surface area contributed by atoms with Crippen LogP contribution in [0.4, 0.5) is 0 Å². The van der Waals surface area contributed by atoms with Gasteiger partial charge in [-0.05, 0) is 54.5 Å². The van der Waals surface area contributed by atoms with Crippen molar-refractivity contribution in [1.82, 2.24) is 10.6 Å². The quantitative estimate of drug-likeness (QED) is 0.389. The zero-order valence-corrected chi connectivity index (χ0v) is 17.4. The van der Waals surface area contributed by atoms with Gasteiger partial charge in [-0.15, -0.1) is 0 Å². The summed E-state index contributed by atoms with van der Waals surface area (Å²) in [6.45, 7) is 5.07. The first kappa shape index (κ1) is 19.8. The van der Waals surface area contributed by atoms with Crippen LogP contribution in [0.15, 0.2) is 53.5 Å². The van der Waals surface area contributed by atoms with Crippen LogP contribution in [0.1, 0.15) is 36.0 Å². The van der Waals surface area contributed by atoms with Crippen molar-refractivity contribution >= 4 is 5.96 Å². The number of fused-ring (bicyclic) bond motifs is 3. The van der Waals surface area contributed by atoms with E-state index in [-0.39, 0.29) is 0 Å². The Kier molecular flexibility index (Phi) is 6.35. The molecule has 3 atom stereocenters. The van der Waals surface area contributed by atoms with Crippen LogP contribution in [0.2, 0.25) is 0 Å². The minimum atomic E-state index is 0.485. The van der Waals surface area contributed by atoms with E-state index in [1.165, 1.54) is 23.1 Å². The summed E-state index contributed by atoms with van der Waals surface area (Å²) in [5, 5.41) is 7.18. The van der Waals surface area contributed by atoms with Gasteiger partial charge < -0.3 is 20.1 Å². The standard InChI is InChI=1S/C24H31N3O2/c1-3-29-14-6-13-25-24(26-16-17-9-11-19(28-2)12-10-17)27-23-21-15-18-7-4-5-8-20(18)22(21)23/h4-5,7-12,21-23H,3,6,13-16H2,1-2H3,(H2,25,26,27). The second-order valence-corrected chi connectivity index (χ2v) is 7.75. The number of aliphatic imine (C=N–C) groups is 1. The van der Waals surface area contributed by atoms with Crippen molar-refractivity contribution in [2.45, 2.75) is 38.3 Å². The summed E-state index contributed by atoms with van der Waals surface area (Å²) in [6, 6.07) is 17.4. The van der Waals surface area contributed by atoms with Crippen LogP contribution in [0.5, 0.6) is 5.75 Å². The Balaban J connectivity index is 1.37. The van der Waals surface area contributed by atoms with Crippen molar-refractivity contribution in [3.05, 3.63) is 65.2 Å². The molecule has 0 radical (unpaired) electrons. The number of ether oxygens (including phenoxy) is 2. The smallest absolute Gasteiger partial charge is 0.191 e. The molecule has 5 heteroatoms. The SMILES string of the molecule is CCOCCCNC(=NCc1ccc(OC)cc1)NC1C2Cc3ccccc3C21. The maximum Gasteiger partial charge on any atom is 0.191 e. The molecule has 3 unspecified atom stereocenters. The number of methoxy groups -OCH3 is 1. The molecule has 0 aliphatic heterocycles. The molecule has 154 valence electrons. The maximum absolute atomic E-state index is 5.45. The predicted molar refractivity (Wildman–Crippen MR) is 117 cm³/mol. The number of hydrogen-bond donors (Lipinski definition) is 2. The molecule has 2 N–H and O–H groups in total. The van der Waals surface area contributed by atoms with Gasteiger partial charge in [-0.1, -0.05) is 36.4 Å². The molecule has 2 aromatic rings. The molecule has 0 saturated heterocycles. The van der Waals surface area contributed by atoms with Crippen LogP contribution in [0, 0.1) is 5.92 Å². The molecule has 2 aliphatic carbocycles. The van der Waals surface area contributed by atoms with Gasteiger partial charge in [0.25, 0.3) is 0 Å². The Morgan fingerprint density at radius 3 is 2.76 bits per heavy atom. The van der Waals surface area contributed by atoms with Gasteiger partial charge in [-0.2, -0.15) is 0 Å². The Morgan fingerprint density at radius 1 is 1.14 bits per heavy atom. The second-order valence-electron chi connectivity index (χ2n) is 7.75. The first-order valence-corrected chi connectivity index (χ1v) is 10.6. The van der Waals surface area contributed by atoms with Gasteiger partial charge in [-0.25, -0.2) is 4.99 Å². The fourth-order valence-corrected chi connectivity index (χ4v) is 4.29. The molecule has 1 saturated carbocycles. The minimum absolute atomic E-state index is 0.485. The van der Waals surface area contributed by atoms with E-state index in [1.54, 1.807) is 7.11 Å². The van der Waals surface area contributed by atoms with E-state index >= 15 is 0 Å². The zero-order chi connectivity index (χ0) is 20.1. The molecule has 0 heterocycles. The van der Waals surface area contributed by atoms with E-state index in [0.29, 0.717) is 24.4 Å². The van der Waals surface area contributed by atoms with Gasteiger partial charge in [0, 0.05) is 31.7 Å². The van der Waals surface area contributed by atoms with E-state index < -0.39 is 0 Å². The lowest BCUT2D eigenvalue weighted by molar-refractivity contribution is 0.145. The summed E-state index contributed by atoms with van der Waals surface area (Å²) in [5.41, 5.74) is 4.20. The summed E-state index contributed by atoms with van der Waals surface area (Å²) >= 11 is 0. The predicted octanol–water partition coefficient (Wildman–Crippen LogP) is 3.50. The highest BCUT2D eigenvalue weighted by atomic mass is 16.5. The van der Waals surface area contributed by atoms with Crippen LogP contribution >= 0.6 is 0 Å². The van der Waals surface area contributed by atoms with Gasteiger partial charge in [0.05, 0.1) is 13.7 Å². The lowest BCUT2D eigenvalue weighted by Crippen LogP contribution is -2.40. The van der Waals surface area contributed by atoms with Crippen LogP contribution in [-0.4, -0.2) is 38.9 Å². The van der Waals surface area contributed by atoms with Crippen molar-refractivity contribution in [2.75, 3.05) is 26.9 Å². The average Bonchev–Trinajstić information content (AvgIpc) is 3.27. The molecule has 29 heavy (non-hydrogen) atoms.